The van der Waals surface area contributed by atoms with E-state index >= 15 is 0 Å². The lowest BCUT2D eigenvalue weighted by atomic mass is 10.1. The Morgan fingerprint density at radius 2 is 1.61 bits per heavy atom. The molecule has 2 aromatic heterocycles. The predicted octanol–water partition coefficient (Wildman–Crippen LogP) is 3.99. The van der Waals surface area contributed by atoms with E-state index in [1.807, 2.05) is 19.9 Å². The van der Waals surface area contributed by atoms with Gasteiger partial charge < -0.3 is 9.88 Å². The van der Waals surface area contributed by atoms with Crippen LogP contribution in [0, 0.1) is 20.8 Å². The molecule has 0 spiro atoms. The molecule has 23 heavy (non-hydrogen) atoms. The van der Waals surface area contributed by atoms with Crippen LogP contribution in [0.5, 0.6) is 0 Å². The molecule has 0 atom stereocenters. The zero-order valence-electron chi connectivity index (χ0n) is 15.2. The van der Waals surface area contributed by atoms with Crippen molar-refractivity contribution in [3.05, 3.63) is 45.5 Å². The first-order valence-electron chi connectivity index (χ1n) is 8.18. The van der Waals surface area contributed by atoms with Gasteiger partial charge >= 0.3 is 0 Å². The SMILES string of the molecule is Cc1cc(C)nc(-c2cc(N(C(C)C)C(C)C)c(=O)[nH]c2C)c1. The molecule has 124 valence electrons. The van der Waals surface area contributed by atoms with Gasteiger partial charge in [-0.3, -0.25) is 9.78 Å². The standard InChI is InChI=1S/C19H27N3O/c1-11(2)22(12(3)4)18-10-16(15(7)21-19(18)23)17-9-13(5)8-14(6)20-17/h8-12H,1-7H3,(H,21,23). The lowest BCUT2D eigenvalue weighted by molar-refractivity contribution is 0.604. The smallest absolute Gasteiger partial charge is 0.271 e. The van der Waals surface area contributed by atoms with Crippen molar-refractivity contribution in [3.63, 3.8) is 0 Å². The van der Waals surface area contributed by atoms with Crippen LogP contribution in [0.1, 0.15) is 44.6 Å². The largest absolute Gasteiger partial charge is 0.362 e. The Morgan fingerprint density at radius 3 is 2.13 bits per heavy atom. The van der Waals surface area contributed by atoms with E-state index in [9.17, 15) is 4.79 Å². The van der Waals surface area contributed by atoms with Crippen molar-refractivity contribution >= 4 is 5.69 Å². The summed E-state index contributed by atoms with van der Waals surface area (Å²) in [4.78, 5) is 22.3. The third-order valence-electron chi connectivity index (χ3n) is 3.98. The molecule has 4 nitrogen and oxygen atoms in total. The summed E-state index contributed by atoms with van der Waals surface area (Å²) in [6, 6.07) is 6.60. The summed E-state index contributed by atoms with van der Waals surface area (Å²) in [6.45, 7) is 14.4. The molecule has 0 amide bonds. The maximum Gasteiger partial charge on any atom is 0.271 e. The molecule has 4 heteroatoms. The summed E-state index contributed by atoms with van der Waals surface area (Å²) in [5, 5.41) is 0. The Morgan fingerprint density at radius 1 is 1.00 bits per heavy atom. The highest BCUT2D eigenvalue weighted by Crippen LogP contribution is 2.26. The molecule has 0 aliphatic rings. The minimum absolute atomic E-state index is 0.0435. The third kappa shape index (κ3) is 3.63. The number of nitrogens with zero attached hydrogens (tertiary/aromatic N) is 2. The lowest BCUT2D eigenvalue weighted by Crippen LogP contribution is -2.40. The van der Waals surface area contributed by atoms with Crippen molar-refractivity contribution in [2.75, 3.05) is 4.90 Å². The zero-order chi connectivity index (χ0) is 17.3. The molecule has 0 bridgehead atoms. The van der Waals surface area contributed by atoms with Gasteiger partial charge in [0.25, 0.3) is 5.56 Å². The van der Waals surface area contributed by atoms with E-state index in [1.54, 1.807) is 0 Å². The fraction of sp³-hybridized carbons (Fsp3) is 0.474. The maximum atomic E-state index is 12.5. The van der Waals surface area contributed by atoms with E-state index in [4.69, 9.17) is 0 Å². The van der Waals surface area contributed by atoms with Crippen LogP contribution in [0.25, 0.3) is 11.3 Å². The molecule has 0 saturated heterocycles. The second-order valence-electron chi connectivity index (χ2n) is 6.79. The first-order chi connectivity index (χ1) is 10.7. The van der Waals surface area contributed by atoms with E-state index in [2.05, 4.69) is 61.6 Å². The van der Waals surface area contributed by atoms with Gasteiger partial charge in [0.1, 0.15) is 5.69 Å². The molecule has 0 saturated carbocycles. The van der Waals surface area contributed by atoms with Gasteiger partial charge in [-0.25, -0.2) is 0 Å². The van der Waals surface area contributed by atoms with Gasteiger partial charge in [0.05, 0.1) is 5.69 Å². The minimum Gasteiger partial charge on any atom is -0.362 e. The molecule has 0 aliphatic carbocycles. The highest BCUT2D eigenvalue weighted by Gasteiger charge is 2.19. The number of aromatic nitrogens is 2. The van der Waals surface area contributed by atoms with Crippen LogP contribution in [0.15, 0.2) is 23.0 Å². The Bertz CT molecular complexity index is 731. The summed E-state index contributed by atoms with van der Waals surface area (Å²) in [5.74, 6) is 0. The minimum atomic E-state index is -0.0435. The van der Waals surface area contributed by atoms with Crippen LogP contribution in [-0.2, 0) is 0 Å². The summed E-state index contributed by atoms with van der Waals surface area (Å²) in [5.41, 5.74) is 5.56. The predicted molar refractivity (Wildman–Crippen MR) is 97.3 cm³/mol. The van der Waals surface area contributed by atoms with Crippen molar-refractivity contribution < 1.29 is 0 Å². The van der Waals surface area contributed by atoms with Gasteiger partial charge in [-0.15, -0.1) is 0 Å². The number of aromatic amines is 1. The molecular weight excluding hydrogens is 286 g/mol. The quantitative estimate of drug-likeness (QED) is 0.928. The summed E-state index contributed by atoms with van der Waals surface area (Å²) < 4.78 is 0. The fourth-order valence-corrected chi connectivity index (χ4v) is 3.20. The van der Waals surface area contributed by atoms with Crippen molar-refractivity contribution in [2.45, 2.75) is 60.5 Å². The Kier molecular flexibility index (Phi) is 4.93. The molecular formula is C19H27N3O. The summed E-state index contributed by atoms with van der Waals surface area (Å²) in [6.07, 6.45) is 0. The van der Waals surface area contributed by atoms with Crippen LogP contribution in [-0.4, -0.2) is 22.1 Å². The Labute approximate surface area is 138 Å². The highest BCUT2D eigenvalue weighted by molar-refractivity contribution is 5.68. The van der Waals surface area contributed by atoms with Crippen LogP contribution >= 0.6 is 0 Å². The summed E-state index contributed by atoms with van der Waals surface area (Å²) in [7, 11) is 0. The van der Waals surface area contributed by atoms with Crippen molar-refractivity contribution in [1.29, 1.82) is 0 Å². The molecule has 0 aromatic carbocycles. The van der Waals surface area contributed by atoms with E-state index in [1.165, 1.54) is 5.56 Å². The summed E-state index contributed by atoms with van der Waals surface area (Å²) >= 11 is 0. The third-order valence-corrected chi connectivity index (χ3v) is 3.98. The second-order valence-corrected chi connectivity index (χ2v) is 6.79. The number of nitrogens with one attached hydrogen (secondary N) is 1. The van der Waals surface area contributed by atoms with E-state index < -0.39 is 0 Å². The normalized spacial score (nSPS) is 11.3. The van der Waals surface area contributed by atoms with Gasteiger partial charge in [0, 0.05) is 29.0 Å². The number of anilines is 1. The molecule has 0 radical (unpaired) electrons. The van der Waals surface area contributed by atoms with Gasteiger partial charge in [-0.2, -0.15) is 0 Å². The van der Waals surface area contributed by atoms with E-state index in [0.29, 0.717) is 5.69 Å². The first-order valence-corrected chi connectivity index (χ1v) is 8.18. The van der Waals surface area contributed by atoms with Gasteiger partial charge in [-0.05, 0) is 72.2 Å². The van der Waals surface area contributed by atoms with Crippen LogP contribution in [0.2, 0.25) is 0 Å². The Hall–Kier alpha value is -2.10. The molecule has 2 heterocycles. The lowest BCUT2D eigenvalue weighted by Gasteiger charge is -2.32. The van der Waals surface area contributed by atoms with Crippen molar-refractivity contribution in [3.8, 4) is 11.3 Å². The van der Waals surface area contributed by atoms with Crippen LogP contribution in [0.3, 0.4) is 0 Å². The average molecular weight is 313 g/mol. The van der Waals surface area contributed by atoms with E-state index in [-0.39, 0.29) is 17.6 Å². The number of rotatable bonds is 4. The van der Waals surface area contributed by atoms with Gasteiger partial charge in [0.2, 0.25) is 0 Å². The van der Waals surface area contributed by atoms with Crippen molar-refractivity contribution in [2.24, 2.45) is 0 Å². The molecule has 2 rings (SSSR count). The molecule has 2 aromatic rings. The molecule has 0 fully saturated rings. The average Bonchev–Trinajstić information content (AvgIpc) is 2.39. The molecule has 0 aliphatic heterocycles. The fourth-order valence-electron chi connectivity index (χ4n) is 3.20. The zero-order valence-corrected chi connectivity index (χ0v) is 15.2. The molecule has 1 N–H and O–H groups in total. The van der Waals surface area contributed by atoms with Gasteiger partial charge in [-0.1, -0.05) is 0 Å². The van der Waals surface area contributed by atoms with Crippen LogP contribution in [0.4, 0.5) is 5.69 Å². The van der Waals surface area contributed by atoms with Crippen LogP contribution < -0.4 is 10.5 Å². The maximum absolute atomic E-state index is 12.5. The van der Waals surface area contributed by atoms with E-state index in [0.717, 1.165) is 22.6 Å². The molecule has 0 unspecified atom stereocenters. The van der Waals surface area contributed by atoms with Crippen molar-refractivity contribution in [1.82, 2.24) is 9.97 Å². The second kappa shape index (κ2) is 6.57. The van der Waals surface area contributed by atoms with Gasteiger partial charge in [0.15, 0.2) is 0 Å². The topological polar surface area (TPSA) is 49.0 Å². The Balaban J connectivity index is 2.67. The highest BCUT2D eigenvalue weighted by atomic mass is 16.1. The first kappa shape index (κ1) is 17.3. The number of hydrogen-bond donors (Lipinski definition) is 1. The number of pyridine rings is 2. The number of hydrogen-bond acceptors (Lipinski definition) is 3. The number of H-pyrrole nitrogens is 1. The monoisotopic (exact) mass is 313 g/mol. The number of aryl methyl sites for hydroxylation is 3.